The molecule has 3 rings (SSSR count). The van der Waals surface area contributed by atoms with Gasteiger partial charge in [0, 0.05) is 22.6 Å². The molecule has 0 aliphatic carbocycles. The van der Waals surface area contributed by atoms with Crippen LogP contribution in [0.2, 0.25) is 5.02 Å². The Balaban J connectivity index is 1.58. The Hall–Kier alpha value is -3.25. The maximum Gasteiger partial charge on any atom is 0.339 e. The number of nitrogens with zero attached hydrogens (tertiary/aromatic N) is 2. The number of hydrogen-bond acceptors (Lipinski definition) is 3. The van der Waals surface area contributed by atoms with Gasteiger partial charge in [-0.3, -0.25) is 0 Å². The highest BCUT2D eigenvalue weighted by Gasteiger charge is 2.03. The summed E-state index contributed by atoms with van der Waals surface area (Å²) in [5.74, 6) is 0.754. The summed E-state index contributed by atoms with van der Waals surface area (Å²) in [7, 11) is 0. The van der Waals surface area contributed by atoms with Gasteiger partial charge < -0.3 is 14.6 Å². The predicted molar refractivity (Wildman–Crippen MR) is 108 cm³/mol. The average Bonchev–Trinajstić information content (AvgIpc) is 3.13. The zero-order valence-electron chi connectivity index (χ0n) is 14.7. The Morgan fingerprint density at radius 1 is 1.15 bits per heavy atom. The molecule has 6 nitrogen and oxygen atoms in total. The summed E-state index contributed by atoms with van der Waals surface area (Å²) in [5.41, 5.74) is 4.87. The molecule has 0 saturated heterocycles. The summed E-state index contributed by atoms with van der Waals surface area (Å²) in [6, 6.07) is 17.9. The Labute approximate surface area is 162 Å². The largest absolute Gasteiger partial charge is 0.494 e. The highest BCUT2D eigenvalue weighted by Crippen LogP contribution is 2.16. The van der Waals surface area contributed by atoms with E-state index >= 15 is 0 Å². The van der Waals surface area contributed by atoms with Gasteiger partial charge in [-0.05, 0) is 67.6 Å². The van der Waals surface area contributed by atoms with Crippen LogP contribution in [0.5, 0.6) is 5.75 Å². The van der Waals surface area contributed by atoms with Crippen molar-refractivity contribution in [1.29, 1.82) is 0 Å². The van der Waals surface area contributed by atoms with Gasteiger partial charge in [0.1, 0.15) is 5.75 Å². The number of urea groups is 1. The van der Waals surface area contributed by atoms with Crippen LogP contribution < -0.4 is 15.5 Å². The number of amides is 2. The third kappa shape index (κ3) is 5.12. The molecule has 0 spiro atoms. The number of hydrazone groups is 1. The lowest BCUT2D eigenvalue weighted by Gasteiger charge is -2.07. The van der Waals surface area contributed by atoms with Crippen LogP contribution in [0.25, 0.3) is 5.69 Å². The molecular weight excluding hydrogens is 364 g/mol. The maximum absolute atomic E-state index is 12.0. The molecule has 0 aliphatic rings. The molecule has 0 radical (unpaired) electrons. The van der Waals surface area contributed by atoms with Crippen molar-refractivity contribution < 1.29 is 9.53 Å². The van der Waals surface area contributed by atoms with E-state index in [9.17, 15) is 4.79 Å². The number of nitrogens with one attached hydrogen (secondary N) is 2. The fraction of sp³-hybridized carbons (Fsp3) is 0.100. The first kappa shape index (κ1) is 18.5. The first-order valence-electron chi connectivity index (χ1n) is 8.42. The number of ether oxygens (including phenoxy) is 1. The van der Waals surface area contributed by atoms with Crippen molar-refractivity contribution in [3.05, 3.63) is 77.6 Å². The monoisotopic (exact) mass is 382 g/mol. The summed E-state index contributed by atoms with van der Waals surface area (Å²) < 4.78 is 7.30. The van der Waals surface area contributed by atoms with E-state index < -0.39 is 6.03 Å². The van der Waals surface area contributed by atoms with Crippen LogP contribution in [-0.2, 0) is 0 Å². The number of rotatable bonds is 6. The van der Waals surface area contributed by atoms with Gasteiger partial charge in [0.25, 0.3) is 0 Å². The van der Waals surface area contributed by atoms with Crippen molar-refractivity contribution in [2.24, 2.45) is 5.10 Å². The quantitative estimate of drug-likeness (QED) is 0.480. The summed E-state index contributed by atoms with van der Waals surface area (Å²) in [6.07, 6.45) is 3.48. The molecule has 2 aromatic carbocycles. The van der Waals surface area contributed by atoms with E-state index in [2.05, 4.69) is 15.8 Å². The minimum Gasteiger partial charge on any atom is -0.494 e. The number of anilines is 1. The maximum atomic E-state index is 12.0. The Morgan fingerprint density at radius 3 is 2.59 bits per heavy atom. The molecule has 0 fully saturated rings. The standard InChI is InChI=1S/C20H19ClN4O2/c1-2-27-19-11-7-16(8-12-19)23-20(26)24-22-14-18-4-3-13-25(18)17-9-5-15(21)6-10-17/h3-14H,2H2,1H3,(H2,23,24,26)/b22-14+. The van der Waals surface area contributed by atoms with Crippen LogP contribution in [0.3, 0.4) is 0 Å². The van der Waals surface area contributed by atoms with Crippen LogP contribution >= 0.6 is 11.6 Å². The zero-order valence-corrected chi connectivity index (χ0v) is 15.5. The van der Waals surface area contributed by atoms with Gasteiger partial charge in [0.05, 0.1) is 18.5 Å². The fourth-order valence-electron chi connectivity index (χ4n) is 2.45. The Kier molecular flexibility index (Phi) is 6.12. The molecule has 1 heterocycles. The summed E-state index contributed by atoms with van der Waals surface area (Å²) in [6.45, 7) is 2.51. The van der Waals surface area contributed by atoms with E-state index in [-0.39, 0.29) is 0 Å². The van der Waals surface area contributed by atoms with Crippen molar-refractivity contribution in [2.45, 2.75) is 6.92 Å². The van der Waals surface area contributed by atoms with Crippen molar-refractivity contribution in [3.8, 4) is 11.4 Å². The number of carbonyl (C=O) groups is 1. The van der Waals surface area contributed by atoms with Crippen molar-refractivity contribution in [1.82, 2.24) is 9.99 Å². The first-order valence-corrected chi connectivity index (χ1v) is 8.79. The first-order chi connectivity index (χ1) is 13.2. The molecular formula is C20H19ClN4O2. The van der Waals surface area contributed by atoms with E-state index in [1.54, 1.807) is 30.5 Å². The molecule has 7 heteroatoms. The van der Waals surface area contributed by atoms with Crippen LogP contribution in [0.4, 0.5) is 10.5 Å². The number of halogens is 1. The van der Waals surface area contributed by atoms with Crippen LogP contribution in [-0.4, -0.2) is 23.4 Å². The van der Waals surface area contributed by atoms with Crippen molar-refractivity contribution in [2.75, 3.05) is 11.9 Å². The van der Waals surface area contributed by atoms with E-state index in [0.717, 1.165) is 17.1 Å². The minimum atomic E-state index is -0.431. The van der Waals surface area contributed by atoms with Gasteiger partial charge >= 0.3 is 6.03 Å². The van der Waals surface area contributed by atoms with E-state index in [1.807, 2.05) is 54.1 Å². The minimum absolute atomic E-state index is 0.431. The molecule has 0 atom stereocenters. The molecule has 138 valence electrons. The Morgan fingerprint density at radius 2 is 1.89 bits per heavy atom. The summed E-state index contributed by atoms with van der Waals surface area (Å²) in [4.78, 5) is 12.0. The SMILES string of the molecule is CCOc1ccc(NC(=O)N/N=C/c2cccn2-c2ccc(Cl)cc2)cc1. The number of benzene rings is 2. The third-order valence-corrected chi connectivity index (χ3v) is 3.92. The fourth-order valence-corrected chi connectivity index (χ4v) is 2.58. The smallest absolute Gasteiger partial charge is 0.339 e. The lowest BCUT2D eigenvalue weighted by Crippen LogP contribution is -2.24. The predicted octanol–water partition coefficient (Wildman–Crippen LogP) is 4.69. The van der Waals surface area contributed by atoms with Crippen LogP contribution in [0.15, 0.2) is 72.0 Å². The summed E-state index contributed by atoms with van der Waals surface area (Å²) >= 11 is 5.93. The molecule has 27 heavy (non-hydrogen) atoms. The van der Waals surface area contributed by atoms with Crippen LogP contribution in [0.1, 0.15) is 12.6 Å². The van der Waals surface area contributed by atoms with Gasteiger partial charge in [-0.25, -0.2) is 10.2 Å². The molecule has 0 unspecified atom stereocenters. The lowest BCUT2D eigenvalue weighted by molar-refractivity contribution is 0.252. The third-order valence-electron chi connectivity index (χ3n) is 3.67. The van der Waals surface area contributed by atoms with Gasteiger partial charge in [-0.1, -0.05) is 11.6 Å². The normalized spacial score (nSPS) is 10.7. The molecule has 0 saturated carbocycles. The van der Waals surface area contributed by atoms with Gasteiger partial charge in [0.15, 0.2) is 0 Å². The highest BCUT2D eigenvalue weighted by atomic mass is 35.5. The number of aromatic nitrogens is 1. The van der Waals surface area contributed by atoms with E-state index in [4.69, 9.17) is 16.3 Å². The highest BCUT2D eigenvalue weighted by molar-refractivity contribution is 6.30. The molecule has 2 N–H and O–H groups in total. The molecule has 0 bridgehead atoms. The molecule has 0 aliphatic heterocycles. The van der Waals surface area contributed by atoms with Crippen molar-refractivity contribution >= 4 is 29.5 Å². The second-order valence-corrected chi connectivity index (χ2v) is 6.00. The second-order valence-electron chi connectivity index (χ2n) is 5.56. The Bertz CT molecular complexity index is 918. The van der Waals surface area contributed by atoms with E-state index in [1.165, 1.54) is 0 Å². The van der Waals surface area contributed by atoms with Gasteiger partial charge in [0.2, 0.25) is 0 Å². The average molecular weight is 383 g/mol. The van der Waals surface area contributed by atoms with E-state index in [0.29, 0.717) is 17.3 Å². The number of hydrogen-bond donors (Lipinski definition) is 2. The lowest BCUT2D eigenvalue weighted by atomic mass is 10.3. The molecule has 1 aromatic heterocycles. The van der Waals surface area contributed by atoms with Crippen molar-refractivity contribution in [3.63, 3.8) is 0 Å². The number of carbonyl (C=O) groups excluding carboxylic acids is 1. The van der Waals surface area contributed by atoms with Gasteiger partial charge in [-0.15, -0.1) is 0 Å². The zero-order chi connectivity index (χ0) is 19.1. The van der Waals surface area contributed by atoms with Crippen LogP contribution in [0, 0.1) is 0 Å². The molecule has 3 aromatic rings. The summed E-state index contributed by atoms with van der Waals surface area (Å²) in [5, 5.41) is 7.38. The molecule has 2 amide bonds. The topological polar surface area (TPSA) is 67.7 Å². The second kappa shape index (κ2) is 8.91. The van der Waals surface area contributed by atoms with Gasteiger partial charge in [-0.2, -0.15) is 5.10 Å².